The average molecular weight is 492 g/mol. The van der Waals surface area contributed by atoms with E-state index in [1.54, 1.807) is 0 Å². The van der Waals surface area contributed by atoms with Gasteiger partial charge in [-0.3, -0.25) is 4.90 Å². The van der Waals surface area contributed by atoms with Crippen molar-refractivity contribution < 1.29 is 16.8 Å². The van der Waals surface area contributed by atoms with Crippen LogP contribution in [0.15, 0.2) is 58.3 Å². The highest BCUT2D eigenvalue weighted by Gasteiger charge is 2.38. The minimum Gasteiger partial charge on any atom is -0.275 e. The minimum atomic E-state index is -3.91. The summed E-state index contributed by atoms with van der Waals surface area (Å²) in [6.45, 7) is 2.54. The molecule has 1 saturated heterocycles. The van der Waals surface area contributed by atoms with Gasteiger partial charge in [-0.1, -0.05) is 36.5 Å². The highest BCUT2D eigenvalue weighted by atomic mass is 35.5. The molecule has 0 atom stereocenters. The predicted octanol–water partition coefficient (Wildman–Crippen LogP) is 3.66. The first-order valence-electron chi connectivity index (χ1n) is 9.38. The third-order valence-electron chi connectivity index (χ3n) is 4.76. The number of hydrogen-bond acceptors (Lipinski definition) is 5. The van der Waals surface area contributed by atoms with E-state index in [0.717, 1.165) is 12.8 Å². The van der Waals surface area contributed by atoms with E-state index in [2.05, 4.69) is 0 Å². The maximum absolute atomic E-state index is 13.2. The van der Waals surface area contributed by atoms with Crippen molar-refractivity contribution in [2.75, 3.05) is 26.6 Å². The minimum absolute atomic E-state index is 0.0630. The summed E-state index contributed by atoms with van der Waals surface area (Å²) >= 11 is 11.8. The molecular formula is C19H23Cl2N3O4S2. The molecule has 11 heteroatoms. The lowest BCUT2D eigenvalue weighted by Crippen LogP contribution is -2.57. The van der Waals surface area contributed by atoms with Gasteiger partial charge in [0.05, 0.1) is 29.8 Å². The van der Waals surface area contributed by atoms with Gasteiger partial charge in [0.1, 0.15) is 0 Å². The summed E-state index contributed by atoms with van der Waals surface area (Å²) in [7, 11) is -7.83. The molecule has 0 aliphatic carbocycles. The van der Waals surface area contributed by atoms with Crippen LogP contribution < -0.4 is 0 Å². The monoisotopic (exact) mass is 491 g/mol. The lowest BCUT2D eigenvalue weighted by molar-refractivity contribution is 0.0626. The molecule has 0 amide bonds. The first-order chi connectivity index (χ1) is 14.1. The van der Waals surface area contributed by atoms with Gasteiger partial charge in [-0.25, -0.2) is 16.8 Å². The fourth-order valence-corrected chi connectivity index (χ4v) is 6.19. The van der Waals surface area contributed by atoms with Gasteiger partial charge in [0.15, 0.2) is 0 Å². The summed E-state index contributed by atoms with van der Waals surface area (Å²) in [5.41, 5.74) is 0. The van der Waals surface area contributed by atoms with Crippen molar-refractivity contribution >= 4 is 43.2 Å². The smallest absolute Gasteiger partial charge is 0.245 e. The SMILES string of the molecule is CCCCN1CN(S(=O)(=O)c2ccc(Cl)cc2)CN(S(=O)(=O)c2ccc(Cl)cc2)C1. The molecule has 0 bridgehead atoms. The van der Waals surface area contributed by atoms with Crippen LogP contribution in [0.25, 0.3) is 0 Å². The average Bonchev–Trinajstić information content (AvgIpc) is 2.72. The van der Waals surface area contributed by atoms with Crippen LogP contribution in [0.3, 0.4) is 0 Å². The number of unbranched alkanes of at least 4 members (excludes halogenated alkanes) is 1. The van der Waals surface area contributed by atoms with Crippen molar-refractivity contribution in [3.05, 3.63) is 58.6 Å². The Morgan fingerprint density at radius 1 is 0.733 bits per heavy atom. The van der Waals surface area contributed by atoms with E-state index in [9.17, 15) is 16.8 Å². The molecule has 164 valence electrons. The third-order valence-corrected chi connectivity index (χ3v) is 8.82. The highest BCUT2D eigenvalue weighted by molar-refractivity contribution is 7.90. The second-order valence-electron chi connectivity index (χ2n) is 6.99. The van der Waals surface area contributed by atoms with Gasteiger partial charge in [0.25, 0.3) is 0 Å². The molecule has 1 heterocycles. The number of halogens is 2. The molecule has 0 saturated carbocycles. The highest BCUT2D eigenvalue weighted by Crippen LogP contribution is 2.26. The predicted molar refractivity (Wildman–Crippen MR) is 117 cm³/mol. The molecule has 3 rings (SSSR count). The van der Waals surface area contributed by atoms with Gasteiger partial charge in [-0.15, -0.1) is 0 Å². The summed E-state index contributed by atoms with van der Waals surface area (Å²) in [6.07, 6.45) is 1.73. The van der Waals surface area contributed by atoms with E-state index in [1.165, 1.54) is 57.1 Å². The Bertz CT molecular complexity index is 992. The number of rotatable bonds is 7. The zero-order valence-electron chi connectivity index (χ0n) is 16.4. The molecule has 0 radical (unpaired) electrons. The van der Waals surface area contributed by atoms with Crippen LogP contribution in [-0.2, 0) is 20.0 Å². The Hall–Kier alpha value is -1.20. The Kier molecular flexibility index (Phi) is 7.44. The molecule has 1 aliphatic heterocycles. The second-order valence-corrected chi connectivity index (χ2v) is 11.7. The Morgan fingerprint density at radius 3 is 1.50 bits per heavy atom. The fraction of sp³-hybridized carbons (Fsp3) is 0.368. The Morgan fingerprint density at radius 2 is 1.13 bits per heavy atom. The lowest BCUT2D eigenvalue weighted by atomic mass is 10.3. The largest absolute Gasteiger partial charge is 0.275 e. The van der Waals surface area contributed by atoms with Crippen LogP contribution in [0.1, 0.15) is 19.8 Å². The van der Waals surface area contributed by atoms with Gasteiger partial charge in [0.2, 0.25) is 20.0 Å². The van der Waals surface area contributed by atoms with Crippen LogP contribution in [0.4, 0.5) is 0 Å². The Labute approximate surface area is 187 Å². The number of hydrogen-bond donors (Lipinski definition) is 0. The first kappa shape index (κ1) is 23.5. The number of nitrogens with zero attached hydrogens (tertiary/aromatic N) is 3. The lowest BCUT2D eigenvalue weighted by Gasteiger charge is -2.40. The van der Waals surface area contributed by atoms with E-state index in [0.29, 0.717) is 16.6 Å². The number of sulfonamides is 2. The van der Waals surface area contributed by atoms with Gasteiger partial charge in [0, 0.05) is 16.6 Å². The van der Waals surface area contributed by atoms with Crippen molar-refractivity contribution in [1.82, 2.24) is 13.5 Å². The molecule has 0 unspecified atom stereocenters. The molecule has 0 N–H and O–H groups in total. The molecule has 0 spiro atoms. The van der Waals surface area contributed by atoms with Crippen molar-refractivity contribution in [3.63, 3.8) is 0 Å². The molecular weight excluding hydrogens is 469 g/mol. The zero-order chi connectivity index (χ0) is 21.9. The van der Waals surface area contributed by atoms with E-state index < -0.39 is 20.0 Å². The van der Waals surface area contributed by atoms with E-state index in [4.69, 9.17) is 23.2 Å². The van der Waals surface area contributed by atoms with Crippen molar-refractivity contribution in [2.45, 2.75) is 29.6 Å². The van der Waals surface area contributed by atoms with E-state index in [-0.39, 0.29) is 29.8 Å². The van der Waals surface area contributed by atoms with E-state index in [1.807, 2.05) is 11.8 Å². The number of benzene rings is 2. The molecule has 1 fully saturated rings. The maximum Gasteiger partial charge on any atom is 0.245 e. The molecule has 1 aliphatic rings. The van der Waals surface area contributed by atoms with Gasteiger partial charge >= 0.3 is 0 Å². The van der Waals surface area contributed by atoms with Crippen LogP contribution in [0.2, 0.25) is 10.0 Å². The maximum atomic E-state index is 13.2. The van der Waals surface area contributed by atoms with Crippen molar-refractivity contribution in [3.8, 4) is 0 Å². The van der Waals surface area contributed by atoms with Gasteiger partial charge in [-0.05, 0) is 55.0 Å². The van der Waals surface area contributed by atoms with E-state index >= 15 is 0 Å². The topological polar surface area (TPSA) is 78.0 Å². The van der Waals surface area contributed by atoms with Gasteiger partial charge in [-0.2, -0.15) is 8.61 Å². The summed E-state index contributed by atoms with van der Waals surface area (Å²) in [4.78, 5) is 1.94. The fourth-order valence-electron chi connectivity index (χ4n) is 3.09. The molecule has 2 aromatic rings. The van der Waals surface area contributed by atoms with Crippen LogP contribution in [-0.4, -0.2) is 56.9 Å². The zero-order valence-corrected chi connectivity index (χ0v) is 19.6. The van der Waals surface area contributed by atoms with Gasteiger partial charge < -0.3 is 0 Å². The second kappa shape index (κ2) is 9.52. The molecule has 0 aromatic heterocycles. The summed E-state index contributed by atoms with van der Waals surface area (Å²) in [5.74, 6) is 0. The Balaban J connectivity index is 1.94. The standard InChI is InChI=1S/C19H23Cl2N3O4S2/c1-2-3-12-22-13-23(29(25,26)18-8-4-16(20)5-9-18)15-24(14-22)30(27,28)19-10-6-17(21)7-11-19/h4-11H,2-3,12-15H2,1H3. The third kappa shape index (κ3) is 5.16. The quantitative estimate of drug-likeness (QED) is 0.590. The van der Waals surface area contributed by atoms with Crippen LogP contribution in [0, 0.1) is 0 Å². The van der Waals surface area contributed by atoms with Crippen molar-refractivity contribution in [1.29, 1.82) is 0 Å². The summed E-state index contributed by atoms with van der Waals surface area (Å²) < 4.78 is 55.1. The molecule has 2 aromatic carbocycles. The first-order valence-corrected chi connectivity index (χ1v) is 13.0. The molecule has 30 heavy (non-hydrogen) atoms. The summed E-state index contributed by atoms with van der Waals surface area (Å²) in [6, 6.07) is 11.7. The normalized spacial score (nSPS) is 17.3. The molecule has 7 nitrogen and oxygen atoms in total. The van der Waals surface area contributed by atoms with Crippen LogP contribution >= 0.6 is 23.2 Å². The summed E-state index contributed by atoms with van der Waals surface area (Å²) in [5, 5.41) is 0.841. The van der Waals surface area contributed by atoms with Crippen molar-refractivity contribution in [2.24, 2.45) is 0 Å². The van der Waals surface area contributed by atoms with Crippen LogP contribution in [0.5, 0.6) is 0 Å².